The molecule has 0 unspecified atom stereocenters. The highest BCUT2D eigenvalue weighted by Gasteiger charge is 2.42. The standard InChI is InChI=1S/C14H22O6/c1-4-5-11-8-13(18-9(2)16)14(19-10(3)17)12(20-11)6-7-15/h7,11-14H,4-6,8H2,1-3H3/t11-,12-,13+,14-/m1/s1. The van der Waals surface area contributed by atoms with Crippen LogP contribution in [0.5, 0.6) is 0 Å². The van der Waals surface area contributed by atoms with Crippen molar-refractivity contribution in [1.82, 2.24) is 0 Å². The number of rotatable bonds is 6. The molecule has 114 valence electrons. The summed E-state index contributed by atoms with van der Waals surface area (Å²) in [5, 5.41) is 0. The van der Waals surface area contributed by atoms with Crippen LogP contribution in [0.3, 0.4) is 0 Å². The van der Waals surface area contributed by atoms with Gasteiger partial charge in [0.2, 0.25) is 0 Å². The first-order valence-electron chi connectivity index (χ1n) is 6.91. The van der Waals surface area contributed by atoms with E-state index in [4.69, 9.17) is 14.2 Å². The SMILES string of the molecule is CCC[C@@H]1C[C@H](OC(C)=O)[C@H](OC(C)=O)[C@@H](CC=O)O1. The van der Waals surface area contributed by atoms with E-state index in [0.29, 0.717) is 6.42 Å². The van der Waals surface area contributed by atoms with Crippen LogP contribution in [-0.4, -0.2) is 42.6 Å². The van der Waals surface area contributed by atoms with Gasteiger partial charge in [0.15, 0.2) is 6.10 Å². The predicted molar refractivity (Wildman–Crippen MR) is 70.0 cm³/mol. The number of esters is 2. The summed E-state index contributed by atoms with van der Waals surface area (Å²) in [6.07, 6.45) is 1.08. The zero-order chi connectivity index (χ0) is 15.1. The topological polar surface area (TPSA) is 78.9 Å². The second kappa shape index (κ2) is 7.99. The van der Waals surface area contributed by atoms with E-state index in [9.17, 15) is 14.4 Å². The van der Waals surface area contributed by atoms with Gasteiger partial charge >= 0.3 is 11.9 Å². The third-order valence-corrected chi connectivity index (χ3v) is 3.15. The van der Waals surface area contributed by atoms with Crippen LogP contribution in [0, 0.1) is 0 Å². The summed E-state index contributed by atoms with van der Waals surface area (Å²) in [5.41, 5.74) is 0. The lowest BCUT2D eigenvalue weighted by Gasteiger charge is -2.40. The van der Waals surface area contributed by atoms with Gasteiger partial charge in [0.05, 0.1) is 6.10 Å². The molecule has 1 fully saturated rings. The fourth-order valence-corrected chi connectivity index (χ4v) is 2.48. The summed E-state index contributed by atoms with van der Waals surface area (Å²) in [6, 6.07) is 0. The quantitative estimate of drug-likeness (QED) is 0.542. The van der Waals surface area contributed by atoms with E-state index >= 15 is 0 Å². The van der Waals surface area contributed by atoms with Crippen molar-refractivity contribution >= 4 is 18.2 Å². The maximum atomic E-state index is 11.2. The zero-order valence-electron chi connectivity index (χ0n) is 12.2. The third kappa shape index (κ3) is 4.92. The minimum Gasteiger partial charge on any atom is -0.458 e. The Morgan fingerprint density at radius 3 is 2.40 bits per heavy atom. The molecule has 1 aliphatic rings. The molecule has 0 bridgehead atoms. The lowest BCUT2D eigenvalue weighted by atomic mass is 9.94. The molecule has 0 aliphatic carbocycles. The van der Waals surface area contributed by atoms with Gasteiger partial charge in [-0.15, -0.1) is 0 Å². The first-order valence-corrected chi connectivity index (χ1v) is 6.91. The molecule has 1 aliphatic heterocycles. The second-order valence-electron chi connectivity index (χ2n) is 4.95. The highest BCUT2D eigenvalue weighted by molar-refractivity contribution is 5.67. The van der Waals surface area contributed by atoms with Gasteiger partial charge in [-0.05, 0) is 6.42 Å². The van der Waals surface area contributed by atoms with Gasteiger partial charge in [-0.3, -0.25) is 9.59 Å². The van der Waals surface area contributed by atoms with Crippen LogP contribution in [0.25, 0.3) is 0 Å². The first-order chi connectivity index (χ1) is 9.47. The molecule has 0 saturated carbocycles. The van der Waals surface area contributed by atoms with Gasteiger partial charge in [0.25, 0.3) is 0 Å². The van der Waals surface area contributed by atoms with Crippen molar-refractivity contribution in [3.63, 3.8) is 0 Å². The first kappa shape index (κ1) is 16.6. The van der Waals surface area contributed by atoms with Gasteiger partial charge in [-0.2, -0.15) is 0 Å². The molecule has 6 nitrogen and oxygen atoms in total. The monoisotopic (exact) mass is 286 g/mol. The molecule has 0 aromatic carbocycles. The molecule has 6 heteroatoms. The number of ether oxygens (including phenoxy) is 3. The molecule has 0 radical (unpaired) electrons. The number of carbonyl (C=O) groups is 3. The molecule has 0 amide bonds. The van der Waals surface area contributed by atoms with Gasteiger partial charge in [0.1, 0.15) is 18.5 Å². The van der Waals surface area contributed by atoms with Crippen molar-refractivity contribution in [2.75, 3.05) is 0 Å². The summed E-state index contributed by atoms with van der Waals surface area (Å²) < 4.78 is 16.2. The molecular weight excluding hydrogens is 264 g/mol. The Morgan fingerprint density at radius 2 is 1.90 bits per heavy atom. The second-order valence-corrected chi connectivity index (χ2v) is 4.95. The normalized spacial score (nSPS) is 29.6. The van der Waals surface area contributed by atoms with Crippen LogP contribution in [0.2, 0.25) is 0 Å². The van der Waals surface area contributed by atoms with Crippen molar-refractivity contribution in [1.29, 1.82) is 0 Å². The number of hydrogen-bond donors (Lipinski definition) is 0. The van der Waals surface area contributed by atoms with Crippen LogP contribution >= 0.6 is 0 Å². The number of hydrogen-bond acceptors (Lipinski definition) is 6. The van der Waals surface area contributed by atoms with Crippen LogP contribution in [0.1, 0.15) is 46.5 Å². The fourth-order valence-electron chi connectivity index (χ4n) is 2.48. The smallest absolute Gasteiger partial charge is 0.303 e. The maximum absolute atomic E-state index is 11.2. The average molecular weight is 286 g/mol. The molecule has 1 heterocycles. The van der Waals surface area contributed by atoms with Gasteiger partial charge in [-0.25, -0.2) is 0 Å². The molecule has 1 rings (SSSR count). The molecule has 0 aromatic rings. The fraction of sp³-hybridized carbons (Fsp3) is 0.786. The summed E-state index contributed by atoms with van der Waals surface area (Å²) in [7, 11) is 0. The van der Waals surface area contributed by atoms with Crippen molar-refractivity contribution in [3.8, 4) is 0 Å². The Labute approximate surface area is 118 Å². The predicted octanol–water partition coefficient (Wildman–Crippen LogP) is 1.40. The van der Waals surface area contributed by atoms with Crippen molar-refractivity contribution in [2.24, 2.45) is 0 Å². The number of aldehydes is 1. The molecule has 0 N–H and O–H groups in total. The van der Waals surface area contributed by atoms with Gasteiger partial charge in [-0.1, -0.05) is 13.3 Å². The van der Waals surface area contributed by atoms with Crippen molar-refractivity contribution in [3.05, 3.63) is 0 Å². The molecule has 4 atom stereocenters. The zero-order valence-corrected chi connectivity index (χ0v) is 12.2. The summed E-state index contributed by atoms with van der Waals surface area (Å²) >= 11 is 0. The van der Waals surface area contributed by atoms with Crippen molar-refractivity contribution < 1.29 is 28.6 Å². The van der Waals surface area contributed by atoms with E-state index in [0.717, 1.165) is 19.1 Å². The lowest BCUT2D eigenvalue weighted by Crippen LogP contribution is -2.51. The lowest BCUT2D eigenvalue weighted by molar-refractivity contribution is -0.207. The molecule has 0 spiro atoms. The summed E-state index contributed by atoms with van der Waals surface area (Å²) in [6.45, 7) is 4.61. The van der Waals surface area contributed by atoms with Gasteiger partial charge in [0, 0.05) is 26.7 Å². The van der Waals surface area contributed by atoms with E-state index < -0.39 is 30.3 Å². The van der Waals surface area contributed by atoms with E-state index in [1.165, 1.54) is 13.8 Å². The molecule has 0 aromatic heterocycles. The van der Waals surface area contributed by atoms with E-state index in [2.05, 4.69) is 0 Å². The third-order valence-electron chi connectivity index (χ3n) is 3.15. The average Bonchev–Trinajstić information content (AvgIpc) is 2.33. The minimum absolute atomic E-state index is 0.0962. The Hall–Kier alpha value is -1.43. The molecule has 1 saturated heterocycles. The Bertz CT molecular complexity index is 354. The molecule has 20 heavy (non-hydrogen) atoms. The van der Waals surface area contributed by atoms with E-state index in [1.54, 1.807) is 0 Å². The van der Waals surface area contributed by atoms with Gasteiger partial charge < -0.3 is 19.0 Å². The minimum atomic E-state index is -0.727. The Morgan fingerprint density at radius 1 is 1.25 bits per heavy atom. The van der Waals surface area contributed by atoms with Crippen molar-refractivity contribution in [2.45, 2.75) is 70.9 Å². The van der Waals surface area contributed by atoms with E-state index in [-0.39, 0.29) is 12.5 Å². The van der Waals surface area contributed by atoms with Crippen LogP contribution in [-0.2, 0) is 28.6 Å². The largest absolute Gasteiger partial charge is 0.458 e. The van der Waals surface area contributed by atoms with Crippen LogP contribution in [0.4, 0.5) is 0 Å². The Kier molecular flexibility index (Phi) is 6.64. The van der Waals surface area contributed by atoms with Crippen LogP contribution < -0.4 is 0 Å². The highest BCUT2D eigenvalue weighted by atomic mass is 16.6. The Balaban J connectivity index is 2.87. The summed E-state index contributed by atoms with van der Waals surface area (Å²) in [5.74, 6) is -0.922. The van der Waals surface area contributed by atoms with Crippen LogP contribution in [0.15, 0.2) is 0 Å². The highest BCUT2D eigenvalue weighted by Crippen LogP contribution is 2.29. The molecular formula is C14H22O6. The number of carbonyl (C=O) groups excluding carboxylic acids is 3. The maximum Gasteiger partial charge on any atom is 0.303 e. The summed E-state index contributed by atoms with van der Waals surface area (Å²) in [4.78, 5) is 33.2. The van der Waals surface area contributed by atoms with E-state index in [1.807, 2.05) is 6.92 Å².